The van der Waals surface area contributed by atoms with Gasteiger partial charge in [0.1, 0.15) is 5.52 Å². The molecule has 0 bridgehead atoms. The SMILES string of the molecule is NC(=O)C1(n2nnc3ccccc32)C=CC(Cl)=CC1CC(F)(F)C(F)(F)F. The van der Waals surface area contributed by atoms with Crippen LogP contribution in [-0.4, -0.2) is 33.0 Å². The Morgan fingerprint density at radius 2 is 1.93 bits per heavy atom. The maximum absolute atomic E-state index is 13.8. The van der Waals surface area contributed by atoms with Gasteiger partial charge >= 0.3 is 12.1 Å². The second-order valence-corrected chi connectivity index (χ2v) is 6.51. The van der Waals surface area contributed by atoms with Gasteiger partial charge in [-0.05, 0) is 24.3 Å². The van der Waals surface area contributed by atoms with E-state index in [0.29, 0.717) is 5.52 Å². The van der Waals surface area contributed by atoms with E-state index in [4.69, 9.17) is 17.3 Å². The van der Waals surface area contributed by atoms with Crippen molar-refractivity contribution >= 4 is 28.5 Å². The zero-order valence-corrected chi connectivity index (χ0v) is 14.2. The summed E-state index contributed by atoms with van der Waals surface area (Å²) in [7, 11) is 0. The fraction of sp³-hybridized carbons (Fsp3) is 0.312. The van der Waals surface area contributed by atoms with Crippen LogP contribution in [0.5, 0.6) is 0 Å². The molecule has 0 fully saturated rings. The van der Waals surface area contributed by atoms with Gasteiger partial charge in [0, 0.05) is 17.4 Å². The summed E-state index contributed by atoms with van der Waals surface area (Å²) in [5, 5.41) is 7.53. The lowest BCUT2D eigenvalue weighted by Crippen LogP contribution is -2.54. The summed E-state index contributed by atoms with van der Waals surface area (Å²) in [4.78, 5) is 12.4. The van der Waals surface area contributed by atoms with Crippen LogP contribution >= 0.6 is 11.6 Å². The van der Waals surface area contributed by atoms with Crippen molar-refractivity contribution in [2.24, 2.45) is 11.7 Å². The van der Waals surface area contributed by atoms with Crippen LogP contribution in [0.3, 0.4) is 0 Å². The summed E-state index contributed by atoms with van der Waals surface area (Å²) in [5.74, 6) is -7.96. The van der Waals surface area contributed by atoms with E-state index >= 15 is 0 Å². The predicted molar refractivity (Wildman–Crippen MR) is 86.9 cm³/mol. The average molecular weight is 407 g/mol. The monoisotopic (exact) mass is 406 g/mol. The molecule has 1 aromatic carbocycles. The highest BCUT2D eigenvalue weighted by molar-refractivity contribution is 6.31. The molecule has 1 amide bonds. The zero-order chi connectivity index (χ0) is 20.0. The van der Waals surface area contributed by atoms with Crippen molar-refractivity contribution in [2.75, 3.05) is 0 Å². The van der Waals surface area contributed by atoms with Gasteiger partial charge in [0.2, 0.25) is 5.91 Å². The van der Waals surface area contributed by atoms with Crippen molar-refractivity contribution < 1.29 is 26.7 Å². The lowest BCUT2D eigenvalue weighted by Gasteiger charge is -2.38. The number of hydrogen-bond acceptors (Lipinski definition) is 3. The minimum absolute atomic E-state index is 0.0979. The molecule has 1 heterocycles. The summed E-state index contributed by atoms with van der Waals surface area (Å²) in [6, 6.07) is 6.24. The predicted octanol–water partition coefficient (Wildman–Crippen LogP) is 3.51. The molecule has 1 aromatic heterocycles. The van der Waals surface area contributed by atoms with Gasteiger partial charge in [0.15, 0.2) is 5.54 Å². The van der Waals surface area contributed by atoms with Gasteiger partial charge in [-0.2, -0.15) is 22.0 Å². The van der Waals surface area contributed by atoms with Crippen LogP contribution in [-0.2, 0) is 10.3 Å². The lowest BCUT2D eigenvalue weighted by atomic mass is 9.76. The van der Waals surface area contributed by atoms with Crippen LogP contribution in [0.2, 0.25) is 0 Å². The number of hydrogen-bond donors (Lipinski definition) is 1. The van der Waals surface area contributed by atoms with Crippen molar-refractivity contribution in [3.8, 4) is 0 Å². The Hall–Kier alpha value is -2.49. The quantitative estimate of drug-likeness (QED) is 0.790. The van der Waals surface area contributed by atoms with Gasteiger partial charge in [-0.25, -0.2) is 4.68 Å². The third kappa shape index (κ3) is 3.07. The van der Waals surface area contributed by atoms with E-state index in [1.165, 1.54) is 12.1 Å². The summed E-state index contributed by atoms with van der Waals surface area (Å²) in [5.41, 5.74) is 3.89. The van der Waals surface area contributed by atoms with Gasteiger partial charge in [-0.1, -0.05) is 35.0 Å². The standard InChI is InChI=1S/C16H12ClF5N4O/c17-10-5-6-14(13(23)27,9(7-10)8-15(18,19)16(20,21)22)26-12-4-2-1-3-11(12)24-25-26/h1-7,9H,8H2,(H2,23,27). The Labute approximate surface area is 154 Å². The topological polar surface area (TPSA) is 73.8 Å². The summed E-state index contributed by atoms with van der Waals surface area (Å²) >= 11 is 5.82. The molecule has 1 aliphatic rings. The molecule has 11 heteroatoms. The molecule has 2 N–H and O–H groups in total. The van der Waals surface area contributed by atoms with Gasteiger partial charge in [-0.3, -0.25) is 4.79 Å². The fourth-order valence-electron chi connectivity index (χ4n) is 3.05. The minimum atomic E-state index is -5.80. The van der Waals surface area contributed by atoms with E-state index in [2.05, 4.69) is 10.3 Å². The highest BCUT2D eigenvalue weighted by Gasteiger charge is 2.61. The summed E-state index contributed by atoms with van der Waals surface area (Å²) in [6.07, 6.45) is -4.32. The molecule has 0 radical (unpaired) electrons. The number of primary amides is 1. The Balaban J connectivity index is 2.20. The molecule has 0 aliphatic heterocycles. The molecular weight excluding hydrogens is 395 g/mol. The number of rotatable bonds is 4. The smallest absolute Gasteiger partial charge is 0.367 e. The molecule has 0 saturated carbocycles. The van der Waals surface area contributed by atoms with E-state index in [1.54, 1.807) is 18.2 Å². The maximum atomic E-state index is 13.8. The third-order valence-corrected chi connectivity index (χ3v) is 4.66. The first kappa shape index (κ1) is 19.3. The number of amides is 1. The van der Waals surface area contributed by atoms with Crippen LogP contribution in [0.1, 0.15) is 6.42 Å². The summed E-state index contributed by atoms with van der Waals surface area (Å²) < 4.78 is 66.8. The Kier molecular flexibility index (Phi) is 4.49. The van der Waals surface area contributed by atoms with Crippen molar-refractivity contribution in [3.05, 3.63) is 47.5 Å². The molecular formula is C16H12ClF5N4O. The fourth-order valence-corrected chi connectivity index (χ4v) is 3.27. The van der Waals surface area contributed by atoms with E-state index in [-0.39, 0.29) is 10.5 Å². The number of benzene rings is 1. The largest absolute Gasteiger partial charge is 0.453 e. The number of fused-ring (bicyclic) bond motifs is 1. The molecule has 3 rings (SSSR count). The van der Waals surface area contributed by atoms with E-state index in [9.17, 15) is 26.7 Å². The van der Waals surface area contributed by atoms with Crippen LogP contribution in [0.25, 0.3) is 11.0 Å². The molecule has 1 aliphatic carbocycles. The molecule has 2 unspecified atom stereocenters. The number of halogens is 6. The van der Waals surface area contributed by atoms with Crippen molar-refractivity contribution in [2.45, 2.75) is 24.1 Å². The molecule has 144 valence electrons. The van der Waals surface area contributed by atoms with Crippen molar-refractivity contribution in [1.82, 2.24) is 15.0 Å². The van der Waals surface area contributed by atoms with Crippen molar-refractivity contribution in [1.29, 1.82) is 0 Å². The Morgan fingerprint density at radius 1 is 1.26 bits per heavy atom. The minimum Gasteiger partial charge on any atom is -0.367 e. The highest BCUT2D eigenvalue weighted by Crippen LogP contribution is 2.46. The second-order valence-electron chi connectivity index (χ2n) is 6.08. The number of para-hydroxylation sites is 1. The first-order valence-electron chi connectivity index (χ1n) is 7.61. The van der Waals surface area contributed by atoms with Gasteiger partial charge in [0.25, 0.3) is 0 Å². The number of carbonyl (C=O) groups is 1. The van der Waals surface area contributed by atoms with Crippen LogP contribution in [0.4, 0.5) is 22.0 Å². The normalized spacial score (nSPS) is 23.5. The Bertz CT molecular complexity index is 952. The second kappa shape index (κ2) is 6.29. The maximum Gasteiger partial charge on any atom is 0.453 e. The third-order valence-electron chi connectivity index (χ3n) is 4.41. The van der Waals surface area contributed by atoms with Crippen LogP contribution < -0.4 is 5.73 Å². The average Bonchev–Trinajstić information content (AvgIpc) is 2.98. The van der Waals surface area contributed by atoms with Crippen molar-refractivity contribution in [3.63, 3.8) is 0 Å². The van der Waals surface area contributed by atoms with E-state index in [0.717, 1.165) is 16.8 Å². The van der Waals surface area contributed by atoms with E-state index < -0.39 is 35.9 Å². The number of carbonyl (C=O) groups excluding carboxylic acids is 1. The molecule has 5 nitrogen and oxygen atoms in total. The highest BCUT2D eigenvalue weighted by atomic mass is 35.5. The summed E-state index contributed by atoms with van der Waals surface area (Å²) in [6.45, 7) is 0. The molecule has 2 aromatic rings. The first-order valence-corrected chi connectivity index (χ1v) is 7.99. The van der Waals surface area contributed by atoms with Crippen LogP contribution in [0, 0.1) is 5.92 Å². The molecule has 27 heavy (non-hydrogen) atoms. The number of nitrogens with zero attached hydrogens (tertiary/aromatic N) is 3. The van der Waals surface area contributed by atoms with Gasteiger partial charge < -0.3 is 5.73 Å². The zero-order valence-electron chi connectivity index (χ0n) is 13.4. The van der Waals surface area contributed by atoms with E-state index in [1.807, 2.05) is 0 Å². The number of aromatic nitrogens is 3. The Morgan fingerprint density at radius 3 is 2.56 bits per heavy atom. The van der Waals surface area contributed by atoms with Gasteiger partial charge in [-0.15, -0.1) is 5.10 Å². The number of allylic oxidation sites excluding steroid dienone is 3. The number of alkyl halides is 5. The lowest BCUT2D eigenvalue weighted by molar-refractivity contribution is -0.288. The first-order chi connectivity index (χ1) is 12.5. The van der Waals surface area contributed by atoms with Gasteiger partial charge in [0.05, 0.1) is 5.52 Å². The molecule has 0 saturated heterocycles. The molecule has 2 atom stereocenters. The molecule has 0 spiro atoms. The van der Waals surface area contributed by atoms with Crippen LogP contribution in [0.15, 0.2) is 47.5 Å². The number of nitrogens with two attached hydrogens (primary N) is 1.